The Morgan fingerprint density at radius 3 is 2.85 bits per heavy atom. The maximum Gasteiger partial charge on any atom is 0.183 e. The second kappa shape index (κ2) is 4.93. The van der Waals surface area contributed by atoms with Crippen molar-refractivity contribution in [2.75, 3.05) is 26.0 Å². The van der Waals surface area contributed by atoms with E-state index in [4.69, 9.17) is 0 Å². The number of anilines is 1. The van der Waals surface area contributed by atoms with Crippen molar-refractivity contribution >= 4 is 32.4 Å². The van der Waals surface area contributed by atoms with E-state index in [1.807, 2.05) is 5.38 Å². The van der Waals surface area contributed by atoms with Gasteiger partial charge in [-0.25, -0.2) is 4.98 Å². The van der Waals surface area contributed by atoms with Crippen LogP contribution in [0.25, 0.3) is 0 Å². The zero-order valence-electron chi connectivity index (χ0n) is 8.04. The van der Waals surface area contributed by atoms with Crippen LogP contribution in [0.5, 0.6) is 0 Å². The van der Waals surface area contributed by atoms with Crippen molar-refractivity contribution in [3.63, 3.8) is 0 Å². The van der Waals surface area contributed by atoms with Crippen LogP contribution in [0.4, 0.5) is 5.13 Å². The third-order valence-corrected chi connectivity index (χ3v) is 3.42. The number of nitrogens with one attached hydrogen (secondary N) is 1. The minimum Gasteiger partial charge on any atom is -0.360 e. The van der Waals surface area contributed by atoms with Crippen molar-refractivity contribution in [3.8, 4) is 0 Å². The van der Waals surface area contributed by atoms with Crippen LogP contribution in [0.3, 0.4) is 0 Å². The molecule has 13 heavy (non-hydrogen) atoms. The molecule has 1 rings (SSSR count). The Kier molecular flexibility index (Phi) is 4.15. The van der Waals surface area contributed by atoms with Gasteiger partial charge in [0.1, 0.15) is 4.60 Å². The summed E-state index contributed by atoms with van der Waals surface area (Å²) in [6, 6.07) is 0.516. The first kappa shape index (κ1) is 10.9. The fraction of sp³-hybridized carbons (Fsp3) is 0.625. The molecule has 0 fully saturated rings. The lowest BCUT2D eigenvalue weighted by molar-refractivity contribution is 0.326. The second-order valence-electron chi connectivity index (χ2n) is 3.17. The largest absolute Gasteiger partial charge is 0.360 e. The molecule has 3 nitrogen and oxygen atoms in total. The number of hydrogen-bond donors (Lipinski definition) is 1. The highest BCUT2D eigenvalue weighted by Crippen LogP contribution is 2.19. The summed E-state index contributed by atoms with van der Waals surface area (Å²) in [4.78, 5) is 6.42. The minimum absolute atomic E-state index is 0.516. The van der Waals surface area contributed by atoms with Gasteiger partial charge in [0, 0.05) is 18.0 Å². The second-order valence-corrected chi connectivity index (χ2v) is 4.84. The Morgan fingerprint density at radius 1 is 1.69 bits per heavy atom. The lowest BCUT2D eigenvalue weighted by atomic mass is 10.3. The Bertz CT molecular complexity index is 262. The van der Waals surface area contributed by atoms with Crippen LogP contribution >= 0.6 is 27.3 Å². The molecule has 1 N–H and O–H groups in total. The topological polar surface area (TPSA) is 28.2 Å². The normalized spacial score (nSPS) is 13.3. The van der Waals surface area contributed by atoms with Crippen molar-refractivity contribution in [2.45, 2.75) is 13.0 Å². The van der Waals surface area contributed by atoms with Crippen molar-refractivity contribution in [3.05, 3.63) is 9.98 Å². The summed E-state index contributed by atoms with van der Waals surface area (Å²) in [5.74, 6) is 0. The van der Waals surface area contributed by atoms with E-state index in [1.54, 1.807) is 11.3 Å². The average molecular weight is 264 g/mol. The molecule has 0 saturated heterocycles. The van der Waals surface area contributed by atoms with Crippen molar-refractivity contribution < 1.29 is 0 Å². The molecule has 1 aromatic rings. The van der Waals surface area contributed by atoms with E-state index in [0.29, 0.717) is 6.04 Å². The summed E-state index contributed by atoms with van der Waals surface area (Å²) >= 11 is 4.93. The molecule has 0 spiro atoms. The first-order chi connectivity index (χ1) is 6.09. The summed E-state index contributed by atoms with van der Waals surface area (Å²) in [5.41, 5.74) is 0. The molecule has 0 aromatic carbocycles. The first-order valence-corrected chi connectivity index (χ1v) is 5.78. The van der Waals surface area contributed by atoms with Crippen LogP contribution in [0.2, 0.25) is 0 Å². The van der Waals surface area contributed by atoms with Gasteiger partial charge in [-0.3, -0.25) is 0 Å². The highest BCUT2D eigenvalue weighted by molar-refractivity contribution is 9.10. The van der Waals surface area contributed by atoms with Crippen LogP contribution in [0, 0.1) is 0 Å². The standard InChI is InChI=1S/C8H14BrN3S/c1-6(12(2)3)4-10-8-11-7(9)5-13-8/h5-6H,4H2,1-3H3,(H,10,11). The number of hydrogen-bond acceptors (Lipinski definition) is 4. The van der Waals surface area contributed by atoms with Crippen LogP contribution in [-0.2, 0) is 0 Å². The first-order valence-electron chi connectivity index (χ1n) is 4.11. The summed E-state index contributed by atoms with van der Waals surface area (Å²) in [7, 11) is 4.15. The Balaban J connectivity index is 2.35. The van der Waals surface area contributed by atoms with E-state index < -0.39 is 0 Å². The third kappa shape index (κ3) is 3.62. The van der Waals surface area contributed by atoms with Crippen LogP contribution in [0.1, 0.15) is 6.92 Å². The molecule has 1 unspecified atom stereocenters. The molecule has 0 amide bonds. The van der Waals surface area contributed by atoms with Gasteiger partial charge in [0.2, 0.25) is 0 Å². The SMILES string of the molecule is CC(CNc1nc(Br)cs1)N(C)C. The summed E-state index contributed by atoms with van der Waals surface area (Å²) in [5, 5.41) is 6.23. The Hall–Kier alpha value is -0.130. The number of thiazole rings is 1. The monoisotopic (exact) mass is 263 g/mol. The number of aromatic nitrogens is 1. The predicted molar refractivity (Wildman–Crippen MR) is 61.5 cm³/mol. The smallest absolute Gasteiger partial charge is 0.183 e. The van der Waals surface area contributed by atoms with Crippen molar-refractivity contribution in [1.29, 1.82) is 0 Å². The lowest BCUT2D eigenvalue weighted by Crippen LogP contribution is -2.31. The maximum absolute atomic E-state index is 4.25. The van der Waals surface area contributed by atoms with E-state index in [1.165, 1.54) is 0 Å². The predicted octanol–water partition coefficient (Wildman–Crippen LogP) is 2.27. The number of nitrogens with zero attached hydrogens (tertiary/aromatic N) is 2. The Morgan fingerprint density at radius 2 is 2.38 bits per heavy atom. The van der Waals surface area contributed by atoms with E-state index in [2.05, 4.69) is 52.1 Å². The quantitative estimate of drug-likeness (QED) is 0.904. The van der Waals surface area contributed by atoms with Crippen molar-refractivity contribution in [2.24, 2.45) is 0 Å². The number of likely N-dealkylation sites (N-methyl/N-ethyl adjacent to an activating group) is 1. The number of halogens is 1. The van der Waals surface area contributed by atoms with Crippen LogP contribution < -0.4 is 5.32 Å². The molecule has 0 aliphatic heterocycles. The van der Waals surface area contributed by atoms with Gasteiger partial charge in [0.15, 0.2) is 5.13 Å². The molecule has 0 aliphatic rings. The van der Waals surface area contributed by atoms with Gasteiger partial charge < -0.3 is 10.2 Å². The summed E-state index contributed by atoms with van der Waals surface area (Å²) in [6.07, 6.45) is 0. The molecule has 1 aromatic heterocycles. The van der Waals surface area contributed by atoms with Gasteiger partial charge >= 0.3 is 0 Å². The van der Waals surface area contributed by atoms with Gasteiger partial charge in [-0.2, -0.15) is 0 Å². The van der Waals surface area contributed by atoms with E-state index in [9.17, 15) is 0 Å². The maximum atomic E-state index is 4.25. The summed E-state index contributed by atoms with van der Waals surface area (Å²) < 4.78 is 0.900. The molecule has 0 saturated carbocycles. The van der Waals surface area contributed by atoms with Gasteiger partial charge in [0.25, 0.3) is 0 Å². The lowest BCUT2D eigenvalue weighted by Gasteiger charge is -2.19. The molecule has 0 aliphatic carbocycles. The molecule has 1 atom stereocenters. The molecule has 1 heterocycles. The molecular weight excluding hydrogens is 250 g/mol. The van der Waals surface area contributed by atoms with Crippen LogP contribution in [0.15, 0.2) is 9.98 Å². The van der Waals surface area contributed by atoms with E-state index in [0.717, 1.165) is 16.3 Å². The van der Waals surface area contributed by atoms with Crippen molar-refractivity contribution in [1.82, 2.24) is 9.88 Å². The van der Waals surface area contributed by atoms with Gasteiger partial charge in [-0.05, 0) is 36.9 Å². The molecule has 74 valence electrons. The average Bonchev–Trinajstić information content (AvgIpc) is 2.47. The van der Waals surface area contributed by atoms with Gasteiger partial charge in [-0.1, -0.05) is 0 Å². The minimum atomic E-state index is 0.516. The van der Waals surface area contributed by atoms with Gasteiger partial charge in [0.05, 0.1) is 0 Å². The zero-order valence-corrected chi connectivity index (χ0v) is 10.4. The van der Waals surface area contributed by atoms with Gasteiger partial charge in [-0.15, -0.1) is 11.3 Å². The van der Waals surface area contributed by atoms with E-state index in [-0.39, 0.29) is 0 Å². The molecule has 0 bridgehead atoms. The fourth-order valence-electron chi connectivity index (χ4n) is 0.753. The summed E-state index contributed by atoms with van der Waals surface area (Å²) in [6.45, 7) is 3.10. The van der Waals surface area contributed by atoms with E-state index >= 15 is 0 Å². The number of rotatable bonds is 4. The molecule has 0 radical (unpaired) electrons. The van der Waals surface area contributed by atoms with Crippen LogP contribution in [-0.4, -0.2) is 36.6 Å². The highest BCUT2D eigenvalue weighted by Gasteiger charge is 2.05. The molecular formula is C8H14BrN3S. The third-order valence-electron chi connectivity index (χ3n) is 1.91. The fourth-order valence-corrected chi connectivity index (χ4v) is 1.91. The highest BCUT2D eigenvalue weighted by atomic mass is 79.9. The Labute approximate surface area is 91.3 Å². The zero-order chi connectivity index (χ0) is 9.84. The molecule has 5 heteroatoms.